The number of pyridine rings is 1. The zero-order chi connectivity index (χ0) is 23.7. The topological polar surface area (TPSA) is 51.7 Å². The molecule has 0 atom stereocenters. The fraction of sp³-hybridized carbons (Fsp3) is 0.333. The van der Waals surface area contributed by atoms with Crippen LogP contribution in [-0.4, -0.2) is 55.7 Å². The summed E-state index contributed by atoms with van der Waals surface area (Å²) in [5, 5.41) is 3.64. The molecule has 2 aromatic carbocycles. The van der Waals surface area contributed by atoms with Crippen molar-refractivity contribution >= 4 is 34.7 Å². The molecule has 1 fully saturated rings. The van der Waals surface area contributed by atoms with Crippen LogP contribution < -0.4 is 15.1 Å². The first kappa shape index (κ1) is 22.7. The number of amides is 2. The molecule has 0 saturated carbocycles. The highest BCUT2D eigenvalue weighted by Crippen LogP contribution is 2.37. The third-order valence-corrected chi connectivity index (χ3v) is 7.17. The van der Waals surface area contributed by atoms with Gasteiger partial charge in [0.15, 0.2) is 0 Å². The van der Waals surface area contributed by atoms with Crippen LogP contribution in [-0.2, 0) is 12.8 Å². The number of likely N-dealkylation sites (N-methyl/N-ethyl adjacent to an activating group) is 1. The van der Waals surface area contributed by atoms with Crippen molar-refractivity contribution in [3.05, 3.63) is 71.0 Å². The fourth-order valence-electron chi connectivity index (χ4n) is 4.86. The van der Waals surface area contributed by atoms with Crippen molar-refractivity contribution < 1.29 is 4.79 Å². The number of carbonyl (C=O) groups excluding carboxylic acids is 1. The minimum absolute atomic E-state index is 0.125. The van der Waals surface area contributed by atoms with Gasteiger partial charge in [0.05, 0.1) is 10.7 Å². The Morgan fingerprint density at radius 2 is 1.76 bits per heavy atom. The number of aromatic nitrogens is 1. The van der Waals surface area contributed by atoms with E-state index < -0.39 is 0 Å². The minimum Gasteiger partial charge on any atom is -0.369 e. The van der Waals surface area contributed by atoms with E-state index in [1.54, 1.807) is 12.4 Å². The van der Waals surface area contributed by atoms with E-state index in [0.717, 1.165) is 55.8 Å². The molecule has 0 bridgehead atoms. The van der Waals surface area contributed by atoms with Crippen molar-refractivity contribution in [3.8, 4) is 11.1 Å². The Kier molecular flexibility index (Phi) is 6.44. The largest absolute Gasteiger partial charge is 0.369 e. The van der Waals surface area contributed by atoms with E-state index in [4.69, 9.17) is 11.6 Å². The van der Waals surface area contributed by atoms with Crippen molar-refractivity contribution in [1.29, 1.82) is 0 Å². The van der Waals surface area contributed by atoms with E-state index in [0.29, 0.717) is 17.3 Å². The predicted molar refractivity (Wildman–Crippen MR) is 140 cm³/mol. The number of piperazine rings is 1. The quantitative estimate of drug-likeness (QED) is 0.555. The van der Waals surface area contributed by atoms with Gasteiger partial charge in [0.25, 0.3) is 0 Å². The van der Waals surface area contributed by atoms with Gasteiger partial charge in [-0.25, -0.2) is 4.79 Å². The molecule has 3 aromatic rings. The molecule has 5 rings (SSSR count). The summed E-state index contributed by atoms with van der Waals surface area (Å²) < 4.78 is 0. The van der Waals surface area contributed by atoms with Gasteiger partial charge < -0.3 is 15.1 Å². The Bertz CT molecular complexity index is 1190. The average molecular weight is 476 g/mol. The van der Waals surface area contributed by atoms with E-state index in [9.17, 15) is 4.79 Å². The molecule has 2 amide bonds. The number of benzene rings is 2. The highest BCUT2D eigenvalue weighted by atomic mass is 35.5. The van der Waals surface area contributed by atoms with Crippen molar-refractivity contribution in [2.45, 2.75) is 19.8 Å². The Balaban J connectivity index is 1.36. The molecule has 1 N–H and O–H groups in total. The SMILES string of the molecule is CCc1cc2c(cc1N1CCN(C)CC1)N(C(=O)Nc1ccc(-c3ccncc3)c(Cl)c1)CC2. The van der Waals surface area contributed by atoms with Gasteiger partial charge in [0, 0.05) is 62.1 Å². The summed E-state index contributed by atoms with van der Waals surface area (Å²) >= 11 is 6.54. The average Bonchev–Trinajstić information content (AvgIpc) is 3.27. The van der Waals surface area contributed by atoms with Crippen molar-refractivity contribution in [3.63, 3.8) is 0 Å². The van der Waals surface area contributed by atoms with Gasteiger partial charge in [-0.05, 0) is 66.9 Å². The third kappa shape index (κ3) is 4.48. The molecule has 0 aliphatic carbocycles. The number of rotatable bonds is 4. The van der Waals surface area contributed by atoms with Crippen molar-refractivity contribution in [2.24, 2.45) is 0 Å². The van der Waals surface area contributed by atoms with E-state index in [-0.39, 0.29) is 6.03 Å². The Labute approximate surface area is 206 Å². The Hall–Kier alpha value is -3.09. The van der Waals surface area contributed by atoms with Crippen LogP contribution in [0, 0.1) is 0 Å². The lowest BCUT2D eigenvalue weighted by Gasteiger charge is -2.35. The van der Waals surface area contributed by atoms with Crippen LogP contribution in [0.25, 0.3) is 11.1 Å². The number of halogens is 1. The van der Waals surface area contributed by atoms with Gasteiger partial charge in [0.1, 0.15) is 0 Å². The monoisotopic (exact) mass is 475 g/mol. The lowest BCUT2D eigenvalue weighted by atomic mass is 10.0. The van der Waals surface area contributed by atoms with Gasteiger partial charge in [0.2, 0.25) is 0 Å². The lowest BCUT2D eigenvalue weighted by Crippen LogP contribution is -2.44. The Morgan fingerprint density at radius 1 is 1.00 bits per heavy atom. The molecule has 0 spiro atoms. The highest BCUT2D eigenvalue weighted by Gasteiger charge is 2.28. The molecule has 6 nitrogen and oxygen atoms in total. The first-order valence-corrected chi connectivity index (χ1v) is 12.3. The molecular formula is C27H30ClN5O. The first-order valence-electron chi connectivity index (χ1n) is 11.9. The molecule has 0 unspecified atom stereocenters. The molecule has 1 saturated heterocycles. The number of aryl methyl sites for hydroxylation is 1. The van der Waals surface area contributed by atoms with E-state index >= 15 is 0 Å². The van der Waals surface area contributed by atoms with E-state index in [2.05, 4.69) is 46.2 Å². The highest BCUT2D eigenvalue weighted by molar-refractivity contribution is 6.33. The van der Waals surface area contributed by atoms with Crippen LogP contribution in [0.4, 0.5) is 21.9 Å². The summed E-state index contributed by atoms with van der Waals surface area (Å²) in [5.74, 6) is 0. The molecule has 2 aliphatic rings. The fourth-order valence-corrected chi connectivity index (χ4v) is 5.15. The van der Waals surface area contributed by atoms with Crippen LogP contribution in [0.1, 0.15) is 18.1 Å². The maximum Gasteiger partial charge on any atom is 0.326 e. The molecule has 2 aliphatic heterocycles. The zero-order valence-electron chi connectivity index (χ0n) is 19.7. The van der Waals surface area contributed by atoms with Crippen molar-refractivity contribution in [1.82, 2.24) is 9.88 Å². The second kappa shape index (κ2) is 9.65. The van der Waals surface area contributed by atoms with Crippen LogP contribution in [0.2, 0.25) is 5.02 Å². The summed E-state index contributed by atoms with van der Waals surface area (Å²) in [6.45, 7) is 7.02. The molecule has 0 radical (unpaired) electrons. The molecule has 176 valence electrons. The first-order chi connectivity index (χ1) is 16.5. The van der Waals surface area contributed by atoms with Crippen LogP contribution >= 0.6 is 11.6 Å². The number of hydrogen-bond donors (Lipinski definition) is 1. The Morgan fingerprint density at radius 3 is 2.47 bits per heavy atom. The summed E-state index contributed by atoms with van der Waals surface area (Å²) in [6.07, 6.45) is 5.35. The third-order valence-electron chi connectivity index (χ3n) is 6.86. The number of fused-ring (bicyclic) bond motifs is 1. The predicted octanol–water partition coefficient (Wildman–Crippen LogP) is 5.31. The zero-order valence-corrected chi connectivity index (χ0v) is 20.5. The van der Waals surface area contributed by atoms with Gasteiger partial charge in [-0.1, -0.05) is 30.7 Å². The molecule has 3 heterocycles. The smallest absolute Gasteiger partial charge is 0.326 e. The van der Waals surface area contributed by atoms with Gasteiger partial charge in [-0.3, -0.25) is 9.88 Å². The second-order valence-corrected chi connectivity index (χ2v) is 9.42. The molecule has 7 heteroatoms. The lowest BCUT2D eigenvalue weighted by molar-refractivity contribution is 0.257. The minimum atomic E-state index is -0.125. The maximum absolute atomic E-state index is 13.3. The van der Waals surface area contributed by atoms with Gasteiger partial charge >= 0.3 is 6.03 Å². The molecule has 1 aromatic heterocycles. The number of urea groups is 1. The normalized spacial score (nSPS) is 16.0. The molecular weight excluding hydrogens is 446 g/mol. The van der Waals surface area contributed by atoms with Gasteiger partial charge in [-0.15, -0.1) is 0 Å². The number of nitrogens with zero attached hydrogens (tertiary/aromatic N) is 4. The van der Waals surface area contributed by atoms with Crippen LogP contribution in [0.15, 0.2) is 54.9 Å². The number of nitrogens with one attached hydrogen (secondary N) is 1. The van der Waals surface area contributed by atoms with E-state index in [1.807, 2.05) is 35.2 Å². The summed E-state index contributed by atoms with van der Waals surface area (Å²) in [7, 11) is 2.17. The maximum atomic E-state index is 13.3. The van der Waals surface area contributed by atoms with Crippen molar-refractivity contribution in [2.75, 3.05) is 54.9 Å². The second-order valence-electron chi connectivity index (χ2n) is 9.02. The van der Waals surface area contributed by atoms with Crippen LogP contribution in [0.5, 0.6) is 0 Å². The summed E-state index contributed by atoms with van der Waals surface area (Å²) in [5.41, 5.74) is 7.49. The van der Waals surface area contributed by atoms with E-state index in [1.165, 1.54) is 16.8 Å². The number of hydrogen-bond acceptors (Lipinski definition) is 4. The van der Waals surface area contributed by atoms with Crippen LogP contribution in [0.3, 0.4) is 0 Å². The number of carbonyl (C=O) groups is 1. The number of anilines is 3. The summed E-state index contributed by atoms with van der Waals surface area (Å²) in [4.78, 5) is 24.0. The standard InChI is InChI=1S/C27H30ClN5O/c1-3-19-16-21-8-11-33(26(21)18-25(19)32-14-12-31(2)13-15-32)27(34)30-22-4-5-23(24(28)17-22)20-6-9-29-10-7-20/h4-7,9-10,16-18H,3,8,11-15H2,1-2H3,(H,30,34). The summed E-state index contributed by atoms with van der Waals surface area (Å²) in [6, 6.07) is 13.9. The molecule has 34 heavy (non-hydrogen) atoms. The van der Waals surface area contributed by atoms with Gasteiger partial charge in [-0.2, -0.15) is 0 Å².